The molecule has 0 amide bonds. The molecule has 0 bridgehead atoms. The van der Waals surface area contributed by atoms with E-state index in [-0.39, 0.29) is 0 Å². The van der Waals surface area contributed by atoms with E-state index in [1.54, 1.807) is 22.7 Å². The number of nitrogens with zero attached hydrogens (tertiary/aromatic N) is 2. The van der Waals surface area contributed by atoms with Gasteiger partial charge >= 0.3 is 0 Å². The molecule has 2 aromatic rings. The van der Waals surface area contributed by atoms with Crippen molar-refractivity contribution in [1.82, 2.24) is 14.9 Å². The van der Waals surface area contributed by atoms with Crippen molar-refractivity contribution in [2.24, 2.45) is 0 Å². The summed E-state index contributed by atoms with van der Waals surface area (Å²) in [6.45, 7) is 5.28. The van der Waals surface area contributed by atoms with Crippen LogP contribution in [0.1, 0.15) is 53.6 Å². The summed E-state index contributed by atoms with van der Waals surface area (Å²) in [4.78, 5) is 1.31. The second-order valence-corrected chi connectivity index (χ2v) is 6.49. The van der Waals surface area contributed by atoms with Crippen molar-refractivity contribution in [2.45, 2.75) is 52.0 Å². The van der Waals surface area contributed by atoms with Gasteiger partial charge in [0.1, 0.15) is 0 Å². The average Bonchev–Trinajstić information content (AvgIpc) is 3.14. The molecular formula is C17H23N3S. The second kappa shape index (κ2) is 6.67. The van der Waals surface area contributed by atoms with Gasteiger partial charge in [0.15, 0.2) is 0 Å². The molecular weight excluding hydrogens is 278 g/mol. The number of likely N-dealkylation sites (N-methyl/N-ethyl adjacent to an activating group) is 1. The number of hydrogen-bond acceptors (Lipinski definition) is 4. The van der Waals surface area contributed by atoms with Crippen molar-refractivity contribution >= 4 is 11.5 Å². The van der Waals surface area contributed by atoms with Gasteiger partial charge in [-0.2, -0.15) is 0 Å². The number of rotatable bonds is 6. The smallest absolute Gasteiger partial charge is 0.0801 e. The zero-order valence-electron chi connectivity index (χ0n) is 12.9. The molecule has 1 unspecified atom stereocenters. The summed E-state index contributed by atoms with van der Waals surface area (Å²) in [6.07, 6.45) is 5.80. The fourth-order valence-electron chi connectivity index (χ4n) is 3.22. The number of aryl methyl sites for hydroxylation is 3. The molecule has 0 spiro atoms. The van der Waals surface area contributed by atoms with Gasteiger partial charge in [0.05, 0.1) is 10.6 Å². The maximum absolute atomic E-state index is 4.27. The molecule has 1 aliphatic carbocycles. The third-order valence-corrected chi connectivity index (χ3v) is 5.17. The van der Waals surface area contributed by atoms with E-state index in [1.807, 2.05) is 0 Å². The highest BCUT2D eigenvalue weighted by atomic mass is 32.1. The normalized spacial score (nSPS) is 15.1. The molecule has 21 heavy (non-hydrogen) atoms. The van der Waals surface area contributed by atoms with Crippen LogP contribution in [0.4, 0.5) is 0 Å². The van der Waals surface area contributed by atoms with E-state index < -0.39 is 0 Å². The van der Waals surface area contributed by atoms with Crippen LogP contribution in [0.15, 0.2) is 18.2 Å². The van der Waals surface area contributed by atoms with Crippen LogP contribution >= 0.6 is 11.5 Å². The Hall–Kier alpha value is -1.26. The van der Waals surface area contributed by atoms with Crippen molar-refractivity contribution in [3.63, 3.8) is 0 Å². The fourth-order valence-corrected chi connectivity index (χ4v) is 4.03. The van der Waals surface area contributed by atoms with Crippen LogP contribution in [0.3, 0.4) is 0 Å². The lowest BCUT2D eigenvalue weighted by atomic mass is 9.99. The van der Waals surface area contributed by atoms with Crippen molar-refractivity contribution in [2.75, 3.05) is 6.54 Å². The zero-order valence-corrected chi connectivity index (χ0v) is 13.7. The Labute approximate surface area is 131 Å². The van der Waals surface area contributed by atoms with Crippen molar-refractivity contribution in [3.05, 3.63) is 45.5 Å². The van der Waals surface area contributed by atoms with Crippen LogP contribution in [-0.2, 0) is 25.7 Å². The number of nitrogens with one attached hydrogen (secondary N) is 1. The largest absolute Gasteiger partial charge is 0.309 e. The molecule has 0 saturated heterocycles. The van der Waals surface area contributed by atoms with Gasteiger partial charge < -0.3 is 5.32 Å². The molecule has 4 heteroatoms. The highest BCUT2D eigenvalue weighted by molar-refractivity contribution is 7.05. The van der Waals surface area contributed by atoms with E-state index >= 15 is 0 Å². The van der Waals surface area contributed by atoms with Gasteiger partial charge in [-0.3, -0.25) is 0 Å². The van der Waals surface area contributed by atoms with Gasteiger partial charge in [-0.15, -0.1) is 5.10 Å². The molecule has 0 aliphatic heterocycles. The SMILES string of the molecule is CCNC(Cc1ccc2c(c1)CCC2)c1snnc1CC. The minimum atomic E-state index is 0.337. The topological polar surface area (TPSA) is 37.8 Å². The first-order chi connectivity index (χ1) is 10.3. The lowest BCUT2D eigenvalue weighted by Gasteiger charge is -2.17. The van der Waals surface area contributed by atoms with E-state index in [1.165, 1.54) is 29.7 Å². The number of aromatic nitrogens is 2. The average molecular weight is 301 g/mol. The second-order valence-electron chi connectivity index (χ2n) is 5.71. The van der Waals surface area contributed by atoms with E-state index in [0.29, 0.717) is 6.04 Å². The van der Waals surface area contributed by atoms with Gasteiger partial charge in [-0.05, 0) is 66.9 Å². The molecule has 0 radical (unpaired) electrons. The molecule has 1 aromatic carbocycles. The van der Waals surface area contributed by atoms with Crippen LogP contribution in [0, 0.1) is 0 Å². The van der Waals surface area contributed by atoms with Gasteiger partial charge in [0.25, 0.3) is 0 Å². The molecule has 1 aliphatic rings. The molecule has 3 rings (SSSR count). The molecule has 0 fully saturated rings. The Kier molecular flexibility index (Phi) is 4.66. The van der Waals surface area contributed by atoms with Crippen molar-refractivity contribution < 1.29 is 0 Å². The molecule has 1 atom stereocenters. The van der Waals surface area contributed by atoms with Crippen LogP contribution in [-0.4, -0.2) is 16.1 Å². The van der Waals surface area contributed by atoms with E-state index in [9.17, 15) is 0 Å². The number of hydrogen-bond donors (Lipinski definition) is 1. The number of benzene rings is 1. The van der Waals surface area contributed by atoms with Crippen molar-refractivity contribution in [3.8, 4) is 0 Å². The van der Waals surface area contributed by atoms with Crippen LogP contribution in [0.5, 0.6) is 0 Å². The summed E-state index contributed by atoms with van der Waals surface area (Å²) < 4.78 is 4.15. The van der Waals surface area contributed by atoms with Gasteiger partial charge in [-0.1, -0.05) is 36.5 Å². The Morgan fingerprint density at radius 1 is 1.24 bits per heavy atom. The van der Waals surface area contributed by atoms with Gasteiger partial charge in [0.2, 0.25) is 0 Å². The standard InChI is InChI=1S/C17H23N3S/c1-3-15-17(21-20-19-15)16(18-4-2)11-12-8-9-13-6-5-7-14(13)10-12/h8-10,16,18H,3-7,11H2,1-2H3. The number of fused-ring (bicyclic) bond motifs is 1. The monoisotopic (exact) mass is 301 g/mol. The van der Waals surface area contributed by atoms with Gasteiger partial charge in [0, 0.05) is 6.04 Å². The molecule has 1 aromatic heterocycles. The Morgan fingerprint density at radius 2 is 2.10 bits per heavy atom. The maximum Gasteiger partial charge on any atom is 0.0801 e. The first-order valence-corrected chi connectivity index (χ1v) is 8.74. The summed E-state index contributed by atoms with van der Waals surface area (Å²) in [5, 5.41) is 7.87. The minimum Gasteiger partial charge on any atom is -0.309 e. The summed E-state index contributed by atoms with van der Waals surface area (Å²) in [6, 6.07) is 7.37. The summed E-state index contributed by atoms with van der Waals surface area (Å²) >= 11 is 1.54. The first kappa shape index (κ1) is 14.7. The third-order valence-electron chi connectivity index (χ3n) is 4.29. The Morgan fingerprint density at radius 3 is 2.90 bits per heavy atom. The predicted molar refractivity (Wildman–Crippen MR) is 87.9 cm³/mol. The molecule has 112 valence electrons. The van der Waals surface area contributed by atoms with Crippen molar-refractivity contribution in [1.29, 1.82) is 0 Å². The summed E-state index contributed by atoms with van der Waals surface area (Å²) in [5.74, 6) is 0. The van der Waals surface area contributed by atoms with Gasteiger partial charge in [-0.25, -0.2) is 0 Å². The Balaban J connectivity index is 1.82. The molecule has 3 nitrogen and oxygen atoms in total. The van der Waals surface area contributed by atoms with E-state index in [0.717, 1.165) is 25.1 Å². The van der Waals surface area contributed by atoms with E-state index in [4.69, 9.17) is 0 Å². The Bertz CT molecular complexity index is 606. The quantitative estimate of drug-likeness (QED) is 0.887. The summed E-state index contributed by atoms with van der Waals surface area (Å²) in [7, 11) is 0. The van der Waals surface area contributed by atoms with Crippen LogP contribution in [0.25, 0.3) is 0 Å². The first-order valence-electron chi connectivity index (χ1n) is 7.97. The fraction of sp³-hybridized carbons (Fsp3) is 0.529. The minimum absolute atomic E-state index is 0.337. The van der Waals surface area contributed by atoms with Crippen LogP contribution < -0.4 is 5.32 Å². The molecule has 1 heterocycles. The highest BCUT2D eigenvalue weighted by Gasteiger charge is 2.19. The summed E-state index contributed by atoms with van der Waals surface area (Å²) in [5.41, 5.74) is 5.68. The van der Waals surface area contributed by atoms with Crippen LogP contribution in [0.2, 0.25) is 0 Å². The van der Waals surface area contributed by atoms with E-state index in [2.05, 4.69) is 47.0 Å². The lowest BCUT2D eigenvalue weighted by Crippen LogP contribution is -2.23. The molecule has 1 N–H and O–H groups in total. The highest BCUT2D eigenvalue weighted by Crippen LogP contribution is 2.28. The third kappa shape index (κ3) is 3.16. The maximum atomic E-state index is 4.27. The lowest BCUT2D eigenvalue weighted by molar-refractivity contribution is 0.553. The molecule has 0 saturated carbocycles. The predicted octanol–water partition coefficient (Wildman–Crippen LogP) is 3.48. The zero-order chi connectivity index (χ0) is 14.7.